The molecule has 0 aliphatic heterocycles. The van der Waals surface area contributed by atoms with Crippen molar-refractivity contribution in [1.82, 2.24) is 4.72 Å². The Morgan fingerprint density at radius 2 is 1.67 bits per heavy atom. The normalized spacial score (nSPS) is 15.8. The summed E-state index contributed by atoms with van der Waals surface area (Å²) >= 11 is 0. The average Bonchev–Trinajstić information content (AvgIpc) is 2.59. The van der Waals surface area contributed by atoms with Crippen LogP contribution in [0.5, 0.6) is 0 Å². The number of rotatable bonds is 5. The molecule has 4 heteroatoms. The third-order valence-corrected chi connectivity index (χ3v) is 6.30. The first-order valence-electron chi connectivity index (χ1n) is 8.70. The lowest BCUT2D eigenvalue weighted by Crippen LogP contribution is -2.28. The summed E-state index contributed by atoms with van der Waals surface area (Å²) in [6.45, 7) is 3.97. The van der Waals surface area contributed by atoms with Crippen LogP contribution >= 0.6 is 0 Å². The first-order valence-corrected chi connectivity index (χ1v) is 10.2. The van der Waals surface area contributed by atoms with E-state index in [1.165, 1.54) is 24.0 Å². The van der Waals surface area contributed by atoms with Crippen molar-refractivity contribution in [2.24, 2.45) is 0 Å². The molecule has 0 amide bonds. The second-order valence-corrected chi connectivity index (χ2v) is 8.34. The molecule has 0 radical (unpaired) electrons. The van der Waals surface area contributed by atoms with Gasteiger partial charge in [0, 0.05) is 6.04 Å². The van der Waals surface area contributed by atoms with Gasteiger partial charge in [-0.25, -0.2) is 13.1 Å². The summed E-state index contributed by atoms with van der Waals surface area (Å²) in [5.74, 6) is 0. The molecule has 3 rings (SSSR count). The van der Waals surface area contributed by atoms with E-state index in [0.717, 1.165) is 30.4 Å². The van der Waals surface area contributed by atoms with Crippen LogP contribution in [0, 0.1) is 6.92 Å². The fourth-order valence-electron chi connectivity index (χ4n) is 3.33. The van der Waals surface area contributed by atoms with E-state index in [1.54, 1.807) is 12.1 Å². The van der Waals surface area contributed by atoms with Crippen LogP contribution in [-0.2, 0) is 22.9 Å². The molecule has 3 nitrogen and oxygen atoms in total. The second kappa shape index (κ2) is 7.08. The fraction of sp³-hybridized carbons (Fsp3) is 0.400. The summed E-state index contributed by atoms with van der Waals surface area (Å²) in [5, 5.41) is 0. The topological polar surface area (TPSA) is 46.2 Å². The molecule has 1 aliphatic carbocycles. The molecule has 0 unspecified atom stereocenters. The highest BCUT2D eigenvalue weighted by atomic mass is 32.2. The minimum atomic E-state index is -3.51. The minimum Gasteiger partial charge on any atom is -0.207 e. The zero-order chi connectivity index (χ0) is 17.2. The van der Waals surface area contributed by atoms with Gasteiger partial charge >= 0.3 is 0 Å². The Morgan fingerprint density at radius 3 is 2.33 bits per heavy atom. The lowest BCUT2D eigenvalue weighted by Gasteiger charge is -2.21. The molecular formula is C20H25NO2S. The summed E-state index contributed by atoms with van der Waals surface area (Å²) in [4.78, 5) is 0.324. The van der Waals surface area contributed by atoms with Crippen LogP contribution in [0.4, 0.5) is 0 Å². The average molecular weight is 343 g/mol. The lowest BCUT2D eigenvalue weighted by molar-refractivity contribution is 0.549. The number of aryl methyl sites for hydroxylation is 3. The van der Waals surface area contributed by atoms with Crippen LogP contribution in [0.1, 0.15) is 54.5 Å². The van der Waals surface area contributed by atoms with Crippen LogP contribution in [0.2, 0.25) is 0 Å². The predicted octanol–water partition coefficient (Wildman–Crippen LogP) is 4.30. The largest absolute Gasteiger partial charge is 0.241 e. The van der Waals surface area contributed by atoms with E-state index in [4.69, 9.17) is 0 Å². The minimum absolute atomic E-state index is 0.191. The maximum absolute atomic E-state index is 12.7. The van der Waals surface area contributed by atoms with Gasteiger partial charge in [0.15, 0.2) is 0 Å². The highest BCUT2D eigenvalue weighted by Crippen LogP contribution is 2.27. The van der Waals surface area contributed by atoms with Crippen LogP contribution in [0.15, 0.2) is 47.4 Å². The number of benzene rings is 2. The molecule has 128 valence electrons. The van der Waals surface area contributed by atoms with Gasteiger partial charge in [0.1, 0.15) is 0 Å². The highest BCUT2D eigenvalue weighted by molar-refractivity contribution is 7.89. The molecule has 0 heterocycles. The Morgan fingerprint density at radius 1 is 1.00 bits per heavy atom. The molecule has 0 saturated carbocycles. The molecule has 2 aromatic carbocycles. The van der Waals surface area contributed by atoms with Gasteiger partial charge in [-0.15, -0.1) is 0 Å². The predicted molar refractivity (Wildman–Crippen MR) is 97.6 cm³/mol. The van der Waals surface area contributed by atoms with Gasteiger partial charge in [-0.2, -0.15) is 0 Å². The van der Waals surface area contributed by atoms with E-state index in [2.05, 4.69) is 22.9 Å². The van der Waals surface area contributed by atoms with Gasteiger partial charge in [0.2, 0.25) is 10.0 Å². The molecule has 2 aromatic rings. The van der Waals surface area contributed by atoms with Crippen molar-refractivity contribution < 1.29 is 8.42 Å². The lowest BCUT2D eigenvalue weighted by atomic mass is 9.89. The van der Waals surface area contributed by atoms with Crippen molar-refractivity contribution in [2.75, 3.05) is 0 Å². The van der Waals surface area contributed by atoms with Crippen LogP contribution in [-0.4, -0.2) is 8.42 Å². The zero-order valence-corrected chi connectivity index (χ0v) is 15.2. The van der Waals surface area contributed by atoms with E-state index in [1.807, 2.05) is 26.0 Å². The maximum atomic E-state index is 12.7. The van der Waals surface area contributed by atoms with Gasteiger partial charge in [0.25, 0.3) is 0 Å². The summed E-state index contributed by atoms with van der Waals surface area (Å²) in [6.07, 6.45) is 5.45. The number of fused-ring (bicyclic) bond motifs is 1. The summed E-state index contributed by atoms with van der Waals surface area (Å²) in [5.41, 5.74) is 4.91. The molecule has 1 aliphatic rings. The number of sulfonamides is 1. The number of nitrogens with one attached hydrogen (secondary N) is 1. The Hall–Kier alpha value is -1.65. The van der Waals surface area contributed by atoms with Crippen LogP contribution < -0.4 is 4.72 Å². The van der Waals surface area contributed by atoms with Crippen LogP contribution in [0.25, 0.3) is 0 Å². The monoisotopic (exact) mass is 343 g/mol. The van der Waals surface area contributed by atoms with Crippen molar-refractivity contribution in [3.63, 3.8) is 0 Å². The molecule has 0 aromatic heterocycles. The van der Waals surface area contributed by atoms with Gasteiger partial charge in [-0.05, 0) is 67.9 Å². The van der Waals surface area contributed by atoms with Crippen molar-refractivity contribution in [3.05, 3.63) is 64.7 Å². The smallest absolute Gasteiger partial charge is 0.207 e. The van der Waals surface area contributed by atoms with E-state index >= 15 is 0 Å². The molecular weight excluding hydrogens is 318 g/mol. The van der Waals surface area contributed by atoms with Gasteiger partial charge < -0.3 is 0 Å². The third-order valence-electron chi connectivity index (χ3n) is 4.81. The highest BCUT2D eigenvalue weighted by Gasteiger charge is 2.21. The Bertz CT molecular complexity index is 810. The van der Waals surface area contributed by atoms with Gasteiger partial charge in [-0.1, -0.05) is 42.8 Å². The molecule has 24 heavy (non-hydrogen) atoms. The van der Waals surface area contributed by atoms with Crippen molar-refractivity contribution in [3.8, 4) is 0 Å². The number of hydrogen-bond donors (Lipinski definition) is 1. The zero-order valence-electron chi connectivity index (χ0n) is 14.4. The van der Waals surface area contributed by atoms with E-state index in [9.17, 15) is 8.42 Å². The fourth-order valence-corrected chi connectivity index (χ4v) is 4.64. The molecule has 0 fully saturated rings. The SMILES string of the molecule is CC[C@H](NS(=O)(=O)c1ccc(C)cc1)c1ccc2c(c1)CCCC2. The molecule has 0 bridgehead atoms. The van der Waals surface area contributed by atoms with Crippen molar-refractivity contribution >= 4 is 10.0 Å². The molecule has 0 saturated heterocycles. The Labute approximate surface area is 145 Å². The van der Waals surface area contributed by atoms with E-state index in [0.29, 0.717) is 4.90 Å². The van der Waals surface area contributed by atoms with Gasteiger partial charge in [0.05, 0.1) is 4.90 Å². The molecule has 1 atom stereocenters. The van der Waals surface area contributed by atoms with Gasteiger partial charge in [-0.3, -0.25) is 0 Å². The second-order valence-electron chi connectivity index (χ2n) is 6.63. The molecule has 0 spiro atoms. The summed E-state index contributed by atoms with van der Waals surface area (Å²) < 4.78 is 28.2. The van der Waals surface area contributed by atoms with E-state index in [-0.39, 0.29) is 6.04 Å². The first kappa shape index (κ1) is 17.2. The standard InChI is InChI=1S/C20H25NO2S/c1-3-20(18-11-10-16-6-4-5-7-17(16)14-18)21-24(22,23)19-12-8-15(2)9-13-19/h8-14,20-21H,3-7H2,1-2H3/t20-/m0/s1. The summed E-state index contributed by atoms with van der Waals surface area (Å²) in [6, 6.07) is 13.2. The van der Waals surface area contributed by atoms with Crippen molar-refractivity contribution in [1.29, 1.82) is 0 Å². The van der Waals surface area contributed by atoms with Crippen molar-refractivity contribution in [2.45, 2.75) is 56.9 Å². The van der Waals surface area contributed by atoms with E-state index < -0.39 is 10.0 Å². The maximum Gasteiger partial charge on any atom is 0.241 e. The third kappa shape index (κ3) is 3.70. The Balaban J connectivity index is 1.85. The Kier molecular flexibility index (Phi) is 5.07. The number of hydrogen-bond acceptors (Lipinski definition) is 2. The summed E-state index contributed by atoms with van der Waals surface area (Å²) in [7, 11) is -3.51. The first-order chi connectivity index (χ1) is 11.5. The quantitative estimate of drug-likeness (QED) is 0.879. The van der Waals surface area contributed by atoms with Crippen LogP contribution in [0.3, 0.4) is 0 Å². The molecule has 1 N–H and O–H groups in total.